The highest BCUT2D eigenvalue weighted by atomic mass is 19.2. The average Bonchev–Trinajstić information content (AvgIpc) is 3.45. The molecule has 1 aromatic heterocycles. The number of carbonyl (C=O) groups excluding carboxylic acids is 2. The number of hydrogen-bond acceptors (Lipinski definition) is 5. The van der Waals surface area contributed by atoms with Crippen LogP contribution in [-0.4, -0.2) is 22.4 Å². The summed E-state index contributed by atoms with van der Waals surface area (Å²) in [5.41, 5.74) is 2.44. The Kier molecular flexibility index (Phi) is 6.82. The summed E-state index contributed by atoms with van der Waals surface area (Å²) < 4.78 is 85.9. The Bertz CT molecular complexity index is 1710. The zero-order valence-corrected chi connectivity index (χ0v) is 21.3. The highest BCUT2D eigenvalue weighted by molar-refractivity contribution is 6.16. The standard InChI is InChI=1S/C29H20F5NO5/c1-4-35-12-15(17-7-5-6-8-18(17)35)10-20-27(36)21-13(2)9-16(11-19(21)40-20)39-29(37)14(3)38-28-25(33)23(31)22(30)24(32)26(28)34/h5-12,14H,4H2,1-3H3/b20-10-. The number of ketones is 1. The Morgan fingerprint density at radius 3 is 2.35 bits per heavy atom. The normalized spacial score (nSPS) is 14.4. The maximum Gasteiger partial charge on any atom is 0.352 e. The van der Waals surface area contributed by atoms with E-state index in [-0.39, 0.29) is 28.6 Å². The van der Waals surface area contributed by atoms with E-state index in [1.54, 1.807) is 13.0 Å². The van der Waals surface area contributed by atoms with Crippen LogP contribution in [0.2, 0.25) is 0 Å². The average molecular weight is 557 g/mol. The predicted molar refractivity (Wildman–Crippen MR) is 134 cm³/mol. The largest absolute Gasteiger partial charge is 0.473 e. The molecule has 11 heteroatoms. The van der Waals surface area contributed by atoms with E-state index in [0.29, 0.717) is 5.56 Å². The number of esters is 1. The second kappa shape index (κ2) is 10.1. The van der Waals surface area contributed by atoms with E-state index in [4.69, 9.17) is 14.2 Å². The van der Waals surface area contributed by atoms with Crippen LogP contribution in [0.4, 0.5) is 22.0 Å². The van der Waals surface area contributed by atoms with E-state index in [1.165, 1.54) is 12.1 Å². The van der Waals surface area contributed by atoms with Gasteiger partial charge in [0.25, 0.3) is 0 Å². The van der Waals surface area contributed by atoms with Crippen LogP contribution in [0.1, 0.15) is 35.3 Å². The lowest BCUT2D eigenvalue weighted by Crippen LogP contribution is -2.29. The van der Waals surface area contributed by atoms with Crippen molar-refractivity contribution in [2.24, 2.45) is 0 Å². The second-order valence-electron chi connectivity index (χ2n) is 9.02. The Morgan fingerprint density at radius 1 is 1.02 bits per heavy atom. The Balaban J connectivity index is 1.38. The van der Waals surface area contributed by atoms with Crippen LogP contribution < -0.4 is 14.2 Å². The summed E-state index contributed by atoms with van der Waals surface area (Å²) in [6.07, 6.45) is 1.77. The molecule has 0 saturated carbocycles. The van der Waals surface area contributed by atoms with Crippen molar-refractivity contribution in [3.63, 3.8) is 0 Å². The van der Waals surface area contributed by atoms with Crippen LogP contribution in [0.3, 0.4) is 0 Å². The van der Waals surface area contributed by atoms with Gasteiger partial charge in [-0.05, 0) is 44.5 Å². The third kappa shape index (κ3) is 4.47. The molecule has 2 heterocycles. The number of ether oxygens (including phenoxy) is 3. The molecular weight excluding hydrogens is 537 g/mol. The maximum atomic E-state index is 13.9. The van der Waals surface area contributed by atoms with Gasteiger partial charge in [-0.3, -0.25) is 4.79 Å². The fourth-order valence-corrected chi connectivity index (χ4v) is 4.44. The van der Waals surface area contributed by atoms with Gasteiger partial charge in [-0.15, -0.1) is 0 Å². The summed E-state index contributed by atoms with van der Waals surface area (Å²) in [6.45, 7) is 5.32. The van der Waals surface area contributed by atoms with Gasteiger partial charge in [-0.1, -0.05) is 18.2 Å². The summed E-state index contributed by atoms with van der Waals surface area (Å²) in [5.74, 6) is -14.3. The number of hydrogen-bond donors (Lipinski definition) is 0. The van der Waals surface area contributed by atoms with Crippen LogP contribution in [0.15, 0.2) is 48.4 Å². The zero-order chi connectivity index (χ0) is 28.9. The highest BCUT2D eigenvalue weighted by Crippen LogP contribution is 2.38. The topological polar surface area (TPSA) is 66.8 Å². The molecule has 40 heavy (non-hydrogen) atoms. The van der Waals surface area contributed by atoms with Crippen molar-refractivity contribution in [3.8, 4) is 17.2 Å². The van der Waals surface area contributed by atoms with Crippen molar-refractivity contribution < 1.29 is 45.8 Å². The molecule has 6 nitrogen and oxygen atoms in total. The molecule has 206 valence electrons. The molecule has 1 atom stereocenters. The highest BCUT2D eigenvalue weighted by Gasteiger charge is 2.32. The van der Waals surface area contributed by atoms with Crippen LogP contribution in [0, 0.1) is 36.0 Å². The summed E-state index contributed by atoms with van der Waals surface area (Å²) in [6, 6.07) is 10.3. The minimum Gasteiger partial charge on any atom is -0.473 e. The van der Waals surface area contributed by atoms with Crippen molar-refractivity contribution in [3.05, 3.63) is 94.1 Å². The second-order valence-corrected chi connectivity index (χ2v) is 9.02. The number of halogens is 5. The lowest BCUT2D eigenvalue weighted by atomic mass is 10.0. The molecule has 3 aromatic carbocycles. The van der Waals surface area contributed by atoms with Crippen molar-refractivity contribution in [2.45, 2.75) is 33.4 Å². The monoisotopic (exact) mass is 557 g/mol. The van der Waals surface area contributed by atoms with Crippen molar-refractivity contribution in [2.75, 3.05) is 0 Å². The molecule has 0 spiro atoms. The number of aromatic nitrogens is 1. The molecule has 0 fully saturated rings. The van der Waals surface area contributed by atoms with Crippen molar-refractivity contribution in [1.82, 2.24) is 4.57 Å². The summed E-state index contributed by atoms with van der Waals surface area (Å²) in [4.78, 5) is 25.7. The molecule has 5 rings (SSSR count). The predicted octanol–water partition coefficient (Wildman–Crippen LogP) is 6.65. The molecule has 0 aliphatic carbocycles. The van der Waals surface area contributed by atoms with Gasteiger partial charge < -0.3 is 18.8 Å². The van der Waals surface area contributed by atoms with Gasteiger partial charge in [0, 0.05) is 35.3 Å². The van der Waals surface area contributed by atoms with Crippen LogP contribution in [0.5, 0.6) is 17.2 Å². The van der Waals surface area contributed by atoms with E-state index in [1.807, 2.05) is 42.0 Å². The van der Waals surface area contributed by atoms with E-state index >= 15 is 0 Å². The molecule has 0 saturated heterocycles. The number of aryl methyl sites for hydroxylation is 2. The number of fused-ring (bicyclic) bond motifs is 2. The van der Waals surface area contributed by atoms with Crippen molar-refractivity contribution in [1.29, 1.82) is 0 Å². The van der Waals surface area contributed by atoms with Crippen LogP contribution in [0.25, 0.3) is 17.0 Å². The Labute approximate surface area is 224 Å². The molecular formula is C29H20F5NO5. The molecule has 1 aliphatic rings. The quantitative estimate of drug-likeness (QED) is 0.0663. The summed E-state index contributed by atoms with van der Waals surface area (Å²) in [5, 5.41) is 0.929. The SMILES string of the molecule is CCn1cc(/C=C2\Oc3cc(OC(=O)C(C)Oc4c(F)c(F)c(F)c(F)c4F)cc(C)c3C2=O)c2ccccc21. The number of carbonyl (C=O) groups is 2. The molecule has 0 amide bonds. The third-order valence-electron chi connectivity index (χ3n) is 6.40. The minimum absolute atomic E-state index is 0.0589. The number of allylic oxidation sites excluding steroid dienone is 1. The first-order valence-electron chi connectivity index (χ1n) is 12.1. The molecule has 1 aliphatic heterocycles. The number of Topliss-reactive ketones (excluding diaryl/α,β-unsaturated/α-hetero) is 1. The van der Waals surface area contributed by atoms with E-state index in [0.717, 1.165) is 29.9 Å². The van der Waals surface area contributed by atoms with E-state index in [2.05, 4.69) is 0 Å². The number of benzene rings is 3. The van der Waals surface area contributed by atoms with Crippen LogP contribution in [-0.2, 0) is 11.3 Å². The van der Waals surface area contributed by atoms with E-state index in [9.17, 15) is 31.5 Å². The smallest absolute Gasteiger partial charge is 0.352 e. The first-order chi connectivity index (χ1) is 19.0. The lowest BCUT2D eigenvalue weighted by Gasteiger charge is -2.16. The van der Waals surface area contributed by atoms with Gasteiger partial charge in [-0.2, -0.15) is 8.78 Å². The molecule has 0 radical (unpaired) electrons. The van der Waals surface area contributed by atoms with Gasteiger partial charge in [0.05, 0.1) is 5.56 Å². The van der Waals surface area contributed by atoms with Gasteiger partial charge in [0.2, 0.25) is 34.9 Å². The van der Waals surface area contributed by atoms with Gasteiger partial charge in [-0.25, -0.2) is 18.0 Å². The Morgan fingerprint density at radius 2 is 1.68 bits per heavy atom. The fraction of sp³-hybridized carbons (Fsp3) is 0.172. The molecule has 0 bridgehead atoms. The van der Waals surface area contributed by atoms with Crippen molar-refractivity contribution >= 4 is 28.7 Å². The lowest BCUT2D eigenvalue weighted by molar-refractivity contribution is -0.141. The first kappa shape index (κ1) is 26.9. The van der Waals surface area contributed by atoms with Gasteiger partial charge >= 0.3 is 5.97 Å². The zero-order valence-electron chi connectivity index (χ0n) is 21.3. The van der Waals surface area contributed by atoms with E-state index < -0.39 is 46.9 Å². The third-order valence-corrected chi connectivity index (χ3v) is 6.40. The van der Waals surface area contributed by atoms with Gasteiger partial charge in [0.15, 0.2) is 17.6 Å². The number of rotatable bonds is 6. The molecule has 1 unspecified atom stereocenters. The summed E-state index contributed by atoms with van der Waals surface area (Å²) in [7, 11) is 0. The number of para-hydroxylation sites is 1. The maximum absolute atomic E-state index is 13.9. The Hall–Kier alpha value is -4.67. The fourth-order valence-electron chi connectivity index (χ4n) is 4.44. The molecule has 4 aromatic rings. The number of nitrogens with zero attached hydrogens (tertiary/aromatic N) is 1. The molecule has 0 N–H and O–H groups in total. The summed E-state index contributed by atoms with van der Waals surface area (Å²) >= 11 is 0. The van der Waals surface area contributed by atoms with Crippen LogP contribution >= 0.6 is 0 Å². The van der Waals surface area contributed by atoms with Gasteiger partial charge in [0.1, 0.15) is 11.5 Å². The minimum atomic E-state index is -2.36. The first-order valence-corrected chi connectivity index (χ1v) is 12.1.